The van der Waals surface area contributed by atoms with E-state index in [2.05, 4.69) is 46.3 Å². The van der Waals surface area contributed by atoms with Gasteiger partial charge in [-0.2, -0.15) is 0 Å². The van der Waals surface area contributed by atoms with Crippen LogP contribution >= 0.6 is 0 Å². The molecule has 0 bridgehead atoms. The van der Waals surface area contributed by atoms with Gasteiger partial charge in [-0.3, -0.25) is 9.59 Å². The molecule has 4 rings (SSSR count). The van der Waals surface area contributed by atoms with E-state index in [1.807, 2.05) is 24.3 Å². The highest BCUT2D eigenvalue weighted by atomic mass is 16.4. The molecule has 164 valence electrons. The lowest BCUT2D eigenvalue weighted by molar-refractivity contribution is -0.147. The van der Waals surface area contributed by atoms with Crippen molar-refractivity contribution in [3.63, 3.8) is 0 Å². The number of hydrogen-bond donors (Lipinski definition) is 2. The molecule has 0 radical (unpaired) electrons. The summed E-state index contributed by atoms with van der Waals surface area (Å²) < 4.78 is 0. The molecule has 0 unspecified atom stereocenters. The number of carboxylic acids is 1. The lowest BCUT2D eigenvalue weighted by atomic mass is 9.78. The minimum absolute atomic E-state index is 0.168. The van der Waals surface area contributed by atoms with E-state index in [0.717, 1.165) is 50.4 Å². The van der Waals surface area contributed by atoms with Gasteiger partial charge in [0.25, 0.3) is 0 Å². The first-order chi connectivity index (χ1) is 15.0. The molecule has 1 amide bonds. The highest BCUT2D eigenvalue weighted by Gasteiger charge is 2.36. The van der Waals surface area contributed by atoms with Crippen molar-refractivity contribution in [2.24, 2.45) is 11.8 Å². The number of anilines is 3. The number of nitrogens with one attached hydrogen (secondary N) is 1. The molecule has 6 heteroatoms. The van der Waals surface area contributed by atoms with Crippen molar-refractivity contribution < 1.29 is 14.7 Å². The van der Waals surface area contributed by atoms with Crippen molar-refractivity contribution in [1.82, 2.24) is 0 Å². The predicted octanol–water partition coefficient (Wildman–Crippen LogP) is 4.15. The number of benzene rings is 2. The fourth-order valence-corrected chi connectivity index (χ4v) is 4.93. The van der Waals surface area contributed by atoms with Crippen LogP contribution in [0.5, 0.6) is 0 Å². The van der Waals surface area contributed by atoms with Gasteiger partial charge < -0.3 is 20.2 Å². The summed E-state index contributed by atoms with van der Waals surface area (Å²) in [6.07, 6.45) is 3.00. The van der Waals surface area contributed by atoms with E-state index in [0.29, 0.717) is 12.8 Å². The third-order valence-corrected chi connectivity index (χ3v) is 6.66. The number of carbonyl (C=O) groups is 2. The Hall–Kier alpha value is -3.02. The van der Waals surface area contributed by atoms with E-state index in [1.54, 1.807) is 0 Å². The maximum atomic E-state index is 13.0. The molecule has 2 N–H and O–H groups in total. The van der Waals surface area contributed by atoms with Crippen LogP contribution in [-0.4, -0.2) is 43.2 Å². The first kappa shape index (κ1) is 21.2. The Morgan fingerprint density at radius 1 is 0.839 bits per heavy atom. The molecule has 0 aromatic heterocycles. The lowest BCUT2D eigenvalue weighted by Crippen LogP contribution is -2.47. The Bertz CT molecular complexity index is 937. The number of carbonyl (C=O) groups excluding carboxylic acids is 1. The summed E-state index contributed by atoms with van der Waals surface area (Å²) in [6.45, 7) is 5.70. The second kappa shape index (κ2) is 9.41. The van der Waals surface area contributed by atoms with Gasteiger partial charge in [0.1, 0.15) is 0 Å². The molecular weight excluding hydrogens is 390 g/mol. The molecule has 2 aliphatic rings. The molecule has 1 saturated carbocycles. The van der Waals surface area contributed by atoms with Gasteiger partial charge in [-0.1, -0.05) is 43.2 Å². The Morgan fingerprint density at radius 2 is 1.39 bits per heavy atom. The first-order valence-corrected chi connectivity index (χ1v) is 11.2. The van der Waals surface area contributed by atoms with E-state index >= 15 is 0 Å². The first-order valence-electron chi connectivity index (χ1n) is 11.2. The zero-order chi connectivity index (χ0) is 21.8. The number of carboxylic acid groups (broad SMARTS) is 1. The van der Waals surface area contributed by atoms with Crippen molar-refractivity contribution in [2.45, 2.75) is 32.6 Å². The average Bonchev–Trinajstić information content (AvgIpc) is 2.80. The van der Waals surface area contributed by atoms with Crippen LogP contribution in [0.1, 0.15) is 31.2 Å². The van der Waals surface area contributed by atoms with E-state index in [-0.39, 0.29) is 5.91 Å². The van der Waals surface area contributed by atoms with Gasteiger partial charge in [-0.15, -0.1) is 0 Å². The second-order valence-electron chi connectivity index (χ2n) is 8.60. The van der Waals surface area contributed by atoms with E-state index in [9.17, 15) is 14.7 Å². The molecule has 2 atom stereocenters. The number of amides is 1. The van der Waals surface area contributed by atoms with Crippen LogP contribution in [0.4, 0.5) is 17.1 Å². The molecule has 0 spiro atoms. The summed E-state index contributed by atoms with van der Waals surface area (Å²) >= 11 is 0. The van der Waals surface area contributed by atoms with Crippen LogP contribution in [0.15, 0.2) is 48.5 Å². The third kappa shape index (κ3) is 4.68. The normalized spacial score (nSPS) is 21.6. The van der Waals surface area contributed by atoms with Gasteiger partial charge in [0.2, 0.25) is 5.91 Å². The number of piperazine rings is 1. The van der Waals surface area contributed by atoms with Crippen molar-refractivity contribution in [2.75, 3.05) is 41.3 Å². The summed E-state index contributed by atoms with van der Waals surface area (Å²) in [5.74, 6) is -2.07. The van der Waals surface area contributed by atoms with E-state index in [4.69, 9.17) is 0 Å². The Balaban J connectivity index is 1.45. The molecule has 2 aromatic carbocycles. The molecule has 1 aliphatic heterocycles. The van der Waals surface area contributed by atoms with Crippen LogP contribution in [0.2, 0.25) is 0 Å². The Labute approximate surface area is 183 Å². The predicted molar refractivity (Wildman–Crippen MR) is 124 cm³/mol. The van der Waals surface area contributed by atoms with Crippen LogP contribution in [-0.2, 0) is 9.59 Å². The van der Waals surface area contributed by atoms with E-state index in [1.165, 1.54) is 11.3 Å². The van der Waals surface area contributed by atoms with E-state index < -0.39 is 17.8 Å². The minimum Gasteiger partial charge on any atom is -0.481 e. The number of rotatable bonds is 5. The molecular formula is C25H31N3O3. The fourth-order valence-electron chi connectivity index (χ4n) is 4.93. The molecule has 6 nitrogen and oxygen atoms in total. The van der Waals surface area contributed by atoms with Crippen LogP contribution in [0.3, 0.4) is 0 Å². The minimum atomic E-state index is -0.861. The zero-order valence-corrected chi connectivity index (χ0v) is 18.1. The van der Waals surface area contributed by atoms with Crippen LogP contribution in [0, 0.1) is 18.8 Å². The molecule has 2 fully saturated rings. The average molecular weight is 422 g/mol. The number of nitrogens with zero attached hydrogens (tertiary/aromatic N) is 2. The highest BCUT2D eigenvalue weighted by molar-refractivity contribution is 5.97. The largest absolute Gasteiger partial charge is 0.481 e. The van der Waals surface area contributed by atoms with Gasteiger partial charge in [0.15, 0.2) is 0 Å². The molecule has 31 heavy (non-hydrogen) atoms. The number of hydrogen-bond acceptors (Lipinski definition) is 4. The van der Waals surface area contributed by atoms with Crippen molar-refractivity contribution in [3.05, 3.63) is 54.1 Å². The maximum absolute atomic E-state index is 13.0. The topological polar surface area (TPSA) is 72.9 Å². The van der Waals surface area contributed by atoms with Gasteiger partial charge in [-0.05, 0) is 43.5 Å². The van der Waals surface area contributed by atoms with Gasteiger partial charge >= 0.3 is 5.97 Å². The fraction of sp³-hybridized carbons (Fsp3) is 0.440. The quantitative estimate of drug-likeness (QED) is 0.759. The SMILES string of the molecule is Cc1ccccc1N1CCN(c2ccccc2NC(=O)[C@@H]2CCCC[C@@H]2C(=O)O)CC1. The van der Waals surface area contributed by atoms with Crippen LogP contribution in [0.25, 0.3) is 0 Å². The monoisotopic (exact) mass is 421 g/mol. The maximum Gasteiger partial charge on any atom is 0.307 e. The standard InChI is InChI=1S/C25H31N3O3/c1-18-8-2-6-12-22(18)27-14-16-28(17-15-27)23-13-7-5-11-21(23)26-24(29)19-9-3-4-10-20(19)25(30)31/h2,5-8,11-13,19-20H,3-4,9-10,14-17H2,1H3,(H,26,29)(H,30,31)/t19-,20+/m1/s1. The third-order valence-electron chi connectivity index (χ3n) is 6.66. The number of aliphatic carboxylic acids is 1. The molecule has 1 aliphatic carbocycles. The lowest BCUT2D eigenvalue weighted by Gasteiger charge is -2.38. The highest BCUT2D eigenvalue weighted by Crippen LogP contribution is 2.33. The summed E-state index contributed by atoms with van der Waals surface area (Å²) in [5.41, 5.74) is 4.33. The summed E-state index contributed by atoms with van der Waals surface area (Å²) in [6, 6.07) is 16.3. The van der Waals surface area contributed by atoms with Crippen molar-refractivity contribution in [3.8, 4) is 0 Å². The van der Waals surface area contributed by atoms with Crippen LogP contribution < -0.4 is 15.1 Å². The van der Waals surface area contributed by atoms with Crippen molar-refractivity contribution >= 4 is 28.9 Å². The summed E-state index contributed by atoms with van der Waals surface area (Å²) in [5, 5.41) is 12.6. The summed E-state index contributed by atoms with van der Waals surface area (Å²) in [4.78, 5) is 29.3. The van der Waals surface area contributed by atoms with Gasteiger partial charge in [0, 0.05) is 31.9 Å². The number of para-hydroxylation sites is 3. The molecule has 1 saturated heterocycles. The smallest absolute Gasteiger partial charge is 0.307 e. The molecule has 2 aromatic rings. The zero-order valence-electron chi connectivity index (χ0n) is 18.1. The number of aryl methyl sites for hydroxylation is 1. The second-order valence-corrected chi connectivity index (χ2v) is 8.60. The Kier molecular flexibility index (Phi) is 6.44. The summed E-state index contributed by atoms with van der Waals surface area (Å²) in [7, 11) is 0. The van der Waals surface area contributed by atoms with Gasteiger partial charge in [0.05, 0.1) is 23.2 Å². The van der Waals surface area contributed by atoms with Gasteiger partial charge in [-0.25, -0.2) is 0 Å². The Morgan fingerprint density at radius 3 is 2.03 bits per heavy atom. The van der Waals surface area contributed by atoms with Crippen molar-refractivity contribution in [1.29, 1.82) is 0 Å². The molecule has 1 heterocycles.